The van der Waals surface area contributed by atoms with Gasteiger partial charge >= 0.3 is 0 Å². The van der Waals surface area contributed by atoms with Crippen molar-refractivity contribution >= 4 is 44.5 Å². The van der Waals surface area contributed by atoms with Crippen LogP contribution in [0.2, 0.25) is 0 Å². The summed E-state index contributed by atoms with van der Waals surface area (Å²) >= 11 is 3.00. The molecule has 1 atom stereocenters. The fraction of sp³-hybridized carbons (Fsp3) is 0.381. The van der Waals surface area contributed by atoms with Gasteiger partial charge in [0.2, 0.25) is 5.91 Å². The molecule has 0 bridgehead atoms. The maximum Gasteiger partial charge on any atom is 0.237 e. The summed E-state index contributed by atoms with van der Waals surface area (Å²) in [5, 5.41) is 11.5. The molecule has 3 aromatic rings. The SMILES string of the molecule is O=C(CSc1nnc(-c2cccs2)n1C1CC1)N(c1ccccc1)[C@H]1CCS(=O)(=O)C1. The van der Waals surface area contributed by atoms with Crippen LogP contribution < -0.4 is 4.90 Å². The van der Waals surface area contributed by atoms with Crippen LogP contribution in [0.25, 0.3) is 10.7 Å². The topological polar surface area (TPSA) is 85.2 Å². The van der Waals surface area contributed by atoms with Crippen LogP contribution in [0, 0.1) is 0 Å². The monoisotopic (exact) mass is 474 g/mol. The number of carbonyl (C=O) groups is 1. The number of nitrogens with zero attached hydrogens (tertiary/aromatic N) is 4. The van der Waals surface area contributed by atoms with E-state index in [4.69, 9.17) is 0 Å². The molecule has 10 heteroatoms. The molecule has 1 aromatic carbocycles. The lowest BCUT2D eigenvalue weighted by molar-refractivity contribution is -0.116. The van der Waals surface area contributed by atoms with E-state index in [2.05, 4.69) is 14.8 Å². The molecule has 31 heavy (non-hydrogen) atoms. The van der Waals surface area contributed by atoms with Crippen LogP contribution in [-0.4, -0.2) is 52.4 Å². The Balaban J connectivity index is 1.37. The second-order valence-electron chi connectivity index (χ2n) is 7.83. The Kier molecular flexibility index (Phi) is 5.61. The third-order valence-corrected chi connectivity index (χ3v) is 9.06. The molecule has 1 saturated heterocycles. The molecule has 7 nitrogen and oxygen atoms in total. The molecule has 162 valence electrons. The highest BCUT2D eigenvalue weighted by atomic mass is 32.2. The summed E-state index contributed by atoms with van der Waals surface area (Å²) in [4.78, 5) is 16.0. The molecular formula is C21H22N4O3S3. The van der Waals surface area contributed by atoms with E-state index in [0.29, 0.717) is 12.5 Å². The van der Waals surface area contributed by atoms with Crippen LogP contribution in [0.5, 0.6) is 0 Å². The Morgan fingerprint density at radius 2 is 1.94 bits per heavy atom. The van der Waals surface area contributed by atoms with Gasteiger partial charge in [-0.2, -0.15) is 0 Å². The smallest absolute Gasteiger partial charge is 0.237 e. The zero-order valence-electron chi connectivity index (χ0n) is 16.8. The standard InChI is InChI=1S/C21H22N4O3S3/c26-19(24(15-5-2-1-3-6-15)17-10-12-31(27,28)14-17)13-30-21-23-22-20(18-7-4-11-29-18)25(21)16-8-9-16/h1-7,11,16-17H,8-10,12-14H2/t17-/m0/s1. The van der Waals surface area contributed by atoms with Crippen LogP contribution in [0.15, 0.2) is 53.0 Å². The third kappa shape index (κ3) is 4.42. The van der Waals surface area contributed by atoms with Crippen molar-refractivity contribution in [2.24, 2.45) is 0 Å². The summed E-state index contributed by atoms with van der Waals surface area (Å²) in [7, 11) is -3.11. The number of thiophene rings is 1. The lowest BCUT2D eigenvalue weighted by atomic mass is 10.2. The summed E-state index contributed by atoms with van der Waals surface area (Å²) in [6.07, 6.45) is 2.65. The van der Waals surface area contributed by atoms with E-state index in [9.17, 15) is 13.2 Å². The third-order valence-electron chi connectivity index (χ3n) is 5.52. The first-order chi connectivity index (χ1) is 15.0. The lowest BCUT2D eigenvalue weighted by Crippen LogP contribution is -2.42. The maximum absolute atomic E-state index is 13.3. The number of carbonyl (C=O) groups excluding carboxylic acids is 1. The van der Waals surface area contributed by atoms with Crippen LogP contribution in [0.4, 0.5) is 5.69 Å². The van der Waals surface area contributed by atoms with Gasteiger partial charge in [0.1, 0.15) is 0 Å². The van der Waals surface area contributed by atoms with Crippen molar-refractivity contribution in [3.63, 3.8) is 0 Å². The van der Waals surface area contributed by atoms with Crippen LogP contribution in [-0.2, 0) is 14.6 Å². The lowest BCUT2D eigenvalue weighted by Gasteiger charge is -2.28. The minimum atomic E-state index is -3.11. The number of anilines is 1. The first-order valence-corrected chi connectivity index (χ1v) is 13.9. The van der Waals surface area contributed by atoms with Gasteiger partial charge in [0.25, 0.3) is 0 Å². The Labute approximate surface area is 189 Å². The predicted octanol–water partition coefficient (Wildman–Crippen LogP) is 3.65. The van der Waals surface area contributed by atoms with Gasteiger partial charge in [-0.1, -0.05) is 36.0 Å². The Morgan fingerprint density at radius 3 is 2.58 bits per heavy atom. The summed E-state index contributed by atoms with van der Waals surface area (Å²) in [5.41, 5.74) is 0.734. The average Bonchev–Trinajstić information content (AvgIpc) is 3.14. The molecule has 2 aliphatic rings. The van der Waals surface area contributed by atoms with Crippen molar-refractivity contribution in [1.82, 2.24) is 14.8 Å². The van der Waals surface area contributed by atoms with Crippen LogP contribution >= 0.6 is 23.1 Å². The molecule has 0 radical (unpaired) electrons. The number of sulfone groups is 1. The predicted molar refractivity (Wildman–Crippen MR) is 123 cm³/mol. The van der Waals surface area contributed by atoms with Crippen molar-refractivity contribution in [3.8, 4) is 10.7 Å². The van der Waals surface area contributed by atoms with E-state index in [-0.39, 0.29) is 29.2 Å². The highest BCUT2D eigenvalue weighted by Gasteiger charge is 2.36. The molecule has 0 N–H and O–H groups in total. The average molecular weight is 475 g/mol. The normalized spacial score (nSPS) is 20.1. The van der Waals surface area contributed by atoms with E-state index in [1.807, 2.05) is 47.8 Å². The molecule has 0 unspecified atom stereocenters. The summed E-state index contributed by atoms with van der Waals surface area (Å²) in [5.74, 6) is 1.07. The van der Waals surface area contributed by atoms with Gasteiger partial charge in [0, 0.05) is 11.7 Å². The van der Waals surface area contributed by atoms with E-state index in [0.717, 1.165) is 34.4 Å². The van der Waals surface area contributed by atoms with Crippen molar-refractivity contribution in [3.05, 3.63) is 47.8 Å². The number of rotatable bonds is 7. The van der Waals surface area contributed by atoms with Crippen molar-refractivity contribution in [2.45, 2.75) is 36.5 Å². The minimum absolute atomic E-state index is 0.0130. The number of thioether (sulfide) groups is 1. The number of hydrogen-bond acceptors (Lipinski definition) is 7. The van der Waals surface area contributed by atoms with E-state index < -0.39 is 9.84 Å². The largest absolute Gasteiger partial charge is 0.308 e. The van der Waals surface area contributed by atoms with Crippen molar-refractivity contribution in [2.75, 3.05) is 22.2 Å². The summed E-state index contributed by atoms with van der Waals surface area (Å²) < 4.78 is 26.3. The quantitative estimate of drug-likeness (QED) is 0.486. The van der Waals surface area contributed by atoms with Gasteiger partial charge in [-0.3, -0.25) is 9.36 Å². The Bertz CT molecular complexity index is 1170. The summed E-state index contributed by atoms with van der Waals surface area (Å²) in [6.45, 7) is 0. The molecule has 5 rings (SSSR count). The van der Waals surface area contributed by atoms with Crippen LogP contribution in [0.1, 0.15) is 25.3 Å². The van der Waals surface area contributed by atoms with E-state index in [1.165, 1.54) is 11.8 Å². The highest BCUT2D eigenvalue weighted by molar-refractivity contribution is 7.99. The fourth-order valence-corrected chi connectivity index (χ4v) is 7.20. The van der Waals surface area contributed by atoms with Gasteiger partial charge < -0.3 is 4.90 Å². The number of amides is 1. The van der Waals surface area contributed by atoms with Gasteiger partial charge in [-0.15, -0.1) is 21.5 Å². The maximum atomic E-state index is 13.3. The molecule has 2 fully saturated rings. The van der Waals surface area contributed by atoms with Gasteiger partial charge in [-0.25, -0.2) is 8.42 Å². The molecule has 3 heterocycles. The fourth-order valence-electron chi connectivity index (χ4n) is 3.93. The number of hydrogen-bond donors (Lipinski definition) is 0. The Hall–Kier alpha value is -2.17. The molecular weight excluding hydrogens is 452 g/mol. The number of para-hydroxylation sites is 1. The molecule has 1 aliphatic carbocycles. The zero-order valence-corrected chi connectivity index (χ0v) is 19.2. The van der Waals surface area contributed by atoms with Crippen molar-refractivity contribution < 1.29 is 13.2 Å². The van der Waals surface area contributed by atoms with Crippen LogP contribution in [0.3, 0.4) is 0 Å². The second-order valence-corrected chi connectivity index (χ2v) is 11.9. The first-order valence-electron chi connectivity index (χ1n) is 10.2. The first kappa shape index (κ1) is 20.7. The molecule has 1 saturated carbocycles. The highest BCUT2D eigenvalue weighted by Crippen LogP contribution is 2.42. The molecule has 2 aromatic heterocycles. The van der Waals surface area contributed by atoms with Gasteiger partial charge in [0.15, 0.2) is 20.8 Å². The summed E-state index contributed by atoms with van der Waals surface area (Å²) in [6, 6.07) is 13.4. The number of aromatic nitrogens is 3. The molecule has 1 amide bonds. The second kappa shape index (κ2) is 8.40. The molecule has 1 aliphatic heterocycles. The van der Waals surface area contributed by atoms with Gasteiger partial charge in [-0.05, 0) is 42.8 Å². The molecule has 0 spiro atoms. The zero-order chi connectivity index (χ0) is 21.4. The minimum Gasteiger partial charge on any atom is -0.308 e. The van der Waals surface area contributed by atoms with Crippen molar-refractivity contribution in [1.29, 1.82) is 0 Å². The number of benzene rings is 1. The van der Waals surface area contributed by atoms with Gasteiger partial charge in [0.05, 0.1) is 28.2 Å². The van der Waals surface area contributed by atoms with E-state index in [1.54, 1.807) is 16.2 Å². The van der Waals surface area contributed by atoms with E-state index >= 15 is 0 Å². The Morgan fingerprint density at radius 1 is 1.13 bits per heavy atom.